The quantitative estimate of drug-likeness (QED) is 0.0497. The van der Waals surface area contributed by atoms with Crippen molar-refractivity contribution in [1.82, 2.24) is 9.97 Å². The van der Waals surface area contributed by atoms with Crippen LogP contribution >= 0.6 is 0 Å². The third-order valence-electron chi connectivity index (χ3n) is 8.74. The van der Waals surface area contributed by atoms with Crippen molar-refractivity contribution in [3.05, 3.63) is 156 Å². The second kappa shape index (κ2) is 16.0. The number of fused-ring (bicyclic) bond motifs is 10. The number of carboxylic acids is 2. The van der Waals surface area contributed by atoms with Gasteiger partial charge in [0.1, 0.15) is 0 Å². The van der Waals surface area contributed by atoms with Crippen molar-refractivity contribution >= 4 is 78.5 Å². The lowest BCUT2D eigenvalue weighted by Gasteiger charge is -2.16. The third kappa shape index (κ3) is 7.54. The SMILES string of the molecule is CCO.Nc1ccc(C(=O)O)cc1N.O=C(O)c1ccc2nc3c4ccccc4c4ccccc4c3nc2c1.O=C1C(=O)c2ccccc2-c2ccccc21. The molecule has 0 aliphatic heterocycles. The van der Waals surface area contributed by atoms with Crippen LogP contribution in [0.2, 0.25) is 0 Å². The number of carbonyl (C=O) groups excluding carboxylic acids is 2. The zero-order chi connectivity index (χ0) is 39.2. The van der Waals surface area contributed by atoms with E-state index in [1.54, 1.807) is 49.4 Å². The summed E-state index contributed by atoms with van der Waals surface area (Å²) in [4.78, 5) is 54.8. The first kappa shape index (κ1) is 37.3. The number of rotatable bonds is 2. The highest BCUT2D eigenvalue weighted by Gasteiger charge is 2.29. The van der Waals surface area contributed by atoms with Crippen molar-refractivity contribution < 1.29 is 34.5 Å². The molecule has 272 valence electrons. The number of nitrogens with two attached hydrogens (primary N) is 2. The minimum atomic E-state index is -1.00. The van der Waals surface area contributed by atoms with Gasteiger partial charge in [0.2, 0.25) is 11.6 Å². The zero-order valence-corrected chi connectivity index (χ0v) is 29.4. The fourth-order valence-corrected chi connectivity index (χ4v) is 6.20. The Morgan fingerprint density at radius 1 is 0.509 bits per heavy atom. The van der Waals surface area contributed by atoms with E-state index in [2.05, 4.69) is 18.2 Å². The second-order valence-corrected chi connectivity index (χ2v) is 12.2. The summed E-state index contributed by atoms with van der Waals surface area (Å²) in [5.41, 5.74) is 17.4. The van der Waals surface area contributed by atoms with Crippen LogP contribution in [0.15, 0.2) is 133 Å². The predicted octanol–water partition coefficient (Wildman–Crippen LogP) is 8.07. The lowest BCUT2D eigenvalue weighted by molar-refractivity contribution is 0.0686. The van der Waals surface area contributed by atoms with E-state index < -0.39 is 23.5 Å². The van der Waals surface area contributed by atoms with Gasteiger partial charge in [0.25, 0.3) is 0 Å². The smallest absolute Gasteiger partial charge is 0.335 e. The maximum absolute atomic E-state index is 11.8. The monoisotopic (exact) mass is 730 g/mol. The van der Waals surface area contributed by atoms with Gasteiger partial charge >= 0.3 is 11.9 Å². The Labute approximate surface area is 314 Å². The van der Waals surface area contributed by atoms with E-state index in [-0.39, 0.29) is 17.7 Å². The number of aromatic carboxylic acids is 2. The third-order valence-corrected chi connectivity index (χ3v) is 8.74. The standard InChI is InChI=1S/C21H12N2O2.C14H8O2.C7H8N2O2.C2H6O/c24-21(25)12-9-10-17-18(11-12)23-20-16-8-4-2-6-14(16)13-5-1-3-7-15(13)19(20)22-17;15-13-11-7-3-1-5-9(11)10-6-2-4-8-12(10)14(13)16;8-5-2-1-4(7(10)11)3-6(5)9;1-2-3/h1-11H,(H,24,25);1-8H;1-3H,8-9H2,(H,10,11);3H,2H2,1H3. The van der Waals surface area contributed by atoms with Crippen LogP contribution in [0.3, 0.4) is 0 Å². The van der Waals surface area contributed by atoms with Crippen molar-refractivity contribution in [2.45, 2.75) is 6.92 Å². The van der Waals surface area contributed by atoms with E-state index in [9.17, 15) is 24.3 Å². The number of aliphatic hydroxyl groups is 1. The largest absolute Gasteiger partial charge is 0.478 e. The first-order chi connectivity index (χ1) is 26.5. The summed E-state index contributed by atoms with van der Waals surface area (Å²) in [7, 11) is 0. The Morgan fingerprint density at radius 2 is 0.891 bits per heavy atom. The molecule has 0 saturated carbocycles. The van der Waals surface area contributed by atoms with Crippen LogP contribution in [-0.2, 0) is 0 Å². The molecular weight excluding hydrogens is 697 g/mol. The van der Waals surface area contributed by atoms with E-state index in [1.165, 1.54) is 18.2 Å². The average molecular weight is 731 g/mol. The Bertz CT molecular complexity index is 2740. The minimum absolute atomic E-state index is 0.150. The van der Waals surface area contributed by atoms with E-state index in [1.807, 2.05) is 54.6 Å². The number of Topliss-reactive ketones (excluding diaryl/α,β-unsaturated/α-hetero) is 2. The molecule has 1 aromatic heterocycles. The fraction of sp³-hybridized carbons (Fsp3) is 0.0455. The van der Waals surface area contributed by atoms with E-state index in [4.69, 9.17) is 31.6 Å². The van der Waals surface area contributed by atoms with Crippen LogP contribution in [0, 0.1) is 0 Å². The summed E-state index contributed by atoms with van der Waals surface area (Å²) < 4.78 is 0. The highest BCUT2D eigenvalue weighted by molar-refractivity contribution is 6.53. The molecular formula is C44H34N4O7. The molecule has 0 amide bonds. The maximum atomic E-state index is 11.8. The summed E-state index contributed by atoms with van der Waals surface area (Å²) in [6, 6.07) is 39.8. The summed E-state index contributed by atoms with van der Waals surface area (Å²) in [6.07, 6.45) is 0. The molecule has 0 unspecified atom stereocenters. The normalized spacial score (nSPS) is 11.3. The number of hydrogen-bond acceptors (Lipinski definition) is 9. The number of aromatic nitrogens is 2. The number of carbonyl (C=O) groups is 4. The molecule has 11 nitrogen and oxygen atoms in total. The molecule has 1 heterocycles. The molecule has 9 rings (SSSR count). The van der Waals surface area contributed by atoms with Gasteiger partial charge < -0.3 is 26.8 Å². The van der Waals surface area contributed by atoms with Crippen molar-refractivity contribution in [3.63, 3.8) is 0 Å². The van der Waals surface area contributed by atoms with Crippen LogP contribution in [0.4, 0.5) is 11.4 Å². The molecule has 1 aliphatic carbocycles. The summed E-state index contributed by atoms with van der Waals surface area (Å²) in [5.74, 6) is -2.78. The van der Waals surface area contributed by atoms with Gasteiger partial charge in [-0.05, 0) is 65.2 Å². The Balaban J connectivity index is 0.000000147. The molecule has 0 fully saturated rings. The number of hydrogen-bond donors (Lipinski definition) is 5. The van der Waals surface area contributed by atoms with Gasteiger partial charge in [-0.2, -0.15) is 0 Å². The molecule has 7 aromatic carbocycles. The number of aliphatic hydroxyl groups excluding tert-OH is 1. The number of nitrogens with zero attached hydrogens (tertiary/aromatic N) is 2. The number of anilines is 2. The maximum Gasteiger partial charge on any atom is 0.335 e. The number of benzene rings is 7. The second-order valence-electron chi connectivity index (χ2n) is 12.2. The average Bonchev–Trinajstić information content (AvgIpc) is 3.21. The van der Waals surface area contributed by atoms with Crippen molar-refractivity contribution in [2.75, 3.05) is 18.1 Å². The van der Waals surface area contributed by atoms with Crippen LogP contribution < -0.4 is 11.5 Å². The lowest BCUT2D eigenvalue weighted by atomic mass is 9.84. The molecule has 7 N–H and O–H groups in total. The summed E-state index contributed by atoms with van der Waals surface area (Å²) in [6.45, 7) is 1.93. The van der Waals surface area contributed by atoms with Crippen LogP contribution in [0.5, 0.6) is 0 Å². The first-order valence-corrected chi connectivity index (χ1v) is 17.0. The molecule has 0 radical (unpaired) electrons. The molecule has 0 bridgehead atoms. The van der Waals surface area contributed by atoms with Crippen LogP contribution in [0.1, 0.15) is 48.4 Å². The molecule has 11 heteroatoms. The van der Waals surface area contributed by atoms with E-state index in [0.29, 0.717) is 33.5 Å². The summed E-state index contributed by atoms with van der Waals surface area (Å²) in [5, 5.41) is 29.6. The number of carboxylic acid groups (broad SMARTS) is 2. The van der Waals surface area contributed by atoms with Gasteiger partial charge in [-0.15, -0.1) is 0 Å². The molecule has 1 aliphatic rings. The van der Waals surface area contributed by atoms with Gasteiger partial charge in [0.15, 0.2) is 0 Å². The van der Waals surface area contributed by atoms with E-state index >= 15 is 0 Å². The van der Waals surface area contributed by atoms with E-state index in [0.717, 1.165) is 43.7 Å². The first-order valence-electron chi connectivity index (χ1n) is 17.0. The van der Waals surface area contributed by atoms with Gasteiger partial charge in [-0.3, -0.25) is 9.59 Å². The summed E-state index contributed by atoms with van der Waals surface area (Å²) >= 11 is 0. The van der Waals surface area contributed by atoms with Gasteiger partial charge in [0.05, 0.1) is 44.6 Å². The number of ketones is 2. The number of nitrogen functional groups attached to an aromatic ring is 2. The predicted molar refractivity (Wildman–Crippen MR) is 215 cm³/mol. The minimum Gasteiger partial charge on any atom is -0.478 e. The Hall–Kier alpha value is -7.50. The Kier molecular flexibility index (Phi) is 10.9. The van der Waals surface area contributed by atoms with Crippen molar-refractivity contribution in [3.8, 4) is 11.1 Å². The van der Waals surface area contributed by atoms with Crippen LogP contribution in [-0.4, -0.2) is 55.4 Å². The highest BCUT2D eigenvalue weighted by Crippen LogP contribution is 2.35. The topological polar surface area (TPSA) is 207 Å². The van der Waals surface area contributed by atoms with Gasteiger partial charge in [-0.1, -0.05) is 97.1 Å². The molecule has 0 spiro atoms. The molecule has 8 aromatic rings. The fourth-order valence-electron chi connectivity index (χ4n) is 6.20. The van der Waals surface area contributed by atoms with Gasteiger partial charge in [0, 0.05) is 28.5 Å². The van der Waals surface area contributed by atoms with Crippen molar-refractivity contribution in [1.29, 1.82) is 0 Å². The Morgan fingerprint density at radius 3 is 1.35 bits per heavy atom. The zero-order valence-electron chi connectivity index (χ0n) is 29.4. The molecule has 0 saturated heterocycles. The van der Waals surface area contributed by atoms with Crippen LogP contribution in [0.25, 0.3) is 54.7 Å². The lowest BCUT2D eigenvalue weighted by Crippen LogP contribution is -2.20. The van der Waals surface area contributed by atoms with Crippen molar-refractivity contribution in [2.24, 2.45) is 0 Å². The molecule has 55 heavy (non-hydrogen) atoms. The van der Waals surface area contributed by atoms with Gasteiger partial charge in [-0.25, -0.2) is 19.6 Å². The highest BCUT2D eigenvalue weighted by atomic mass is 16.4. The molecule has 0 atom stereocenters.